The van der Waals surface area contributed by atoms with Gasteiger partial charge >= 0.3 is 0 Å². The van der Waals surface area contributed by atoms with Crippen molar-refractivity contribution in [1.29, 1.82) is 0 Å². The third-order valence-corrected chi connectivity index (χ3v) is 2.62. The van der Waals surface area contributed by atoms with E-state index in [2.05, 4.69) is 10.3 Å². The van der Waals surface area contributed by atoms with Gasteiger partial charge in [-0.15, -0.1) is 0 Å². The van der Waals surface area contributed by atoms with E-state index in [0.29, 0.717) is 11.3 Å². The number of nitrogens with one attached hydrogen (secondary N) is 1. The third-order valence-electron chi connectivity index (χ3n) is 2.62. The normalized spacial score (nSPS) is 9.85. The molecule has 0 saturated heterocycles. The second kappa shape index (κ2) is 5.88. The summed E-state index contributed by atoms with van der Waals surface area (Å²) < 4.78 is 0. The molecule has 1 aromatic heterocycles. The van der Waals surface area contributed by atoms with Crippen molar-refractivity contribution < 1.29 is 14.4 Å². The molecule has 5 heteroatoms. The van der Waals surface area contributed by atoms with Gasteiger partial charge in [0.2, 0.25) is 17.5 Å². The number of benzene rings is 1. The quantitative estimate of drug-likeness (QED) is 0.680. The molecular formula is C15H12N2O3. The number of carbonyl (C=O) groups excluding carboxylic acids is 3. The molecule has 1 amide bonds. The first-order valence-corrected chi connectivity index (χ1v) is 5.94. The molecule has 1 N–H and O–H groups in total. The van der Waals surface area contributed by atoms with E-state index in [-0.39, 0.29) is 11.5 Å². The summed E-state index contributed by atoms with van der Waals surface area (Å²) in [6, 6.07) is 9.15. The highest BCUT2D eigenvalue weighted by Gasteiger charge is 2.17. The van der Waals surface area contributed by atoms with E-state index in [1.807, 2.05) is 0 Å². The average molecular weight is 268 g/mol. The zero-order valence-electron chi connectivity index (χ0n) is 10.8. The third kappa shape index (κ3) is 3.14. The minimum absolute atomic E-state index is 0.197. The molecule has 0 atom stereocenters. The first-order chi connectivity index (χ1) is 9.58. The highest BCUT2D eigenvalue weighted by molar-refractivity contribution is 6.49. The van der Waals surface area contributed by atoms with Crippen molar-refractivity contribution in [3.63, 3.8) is 0 Å². The molecule has 2 aromatic rings. The number of Topliss-reactive ketones (excluding diaryl/α,β-unsaturated/α-hetero) is 2. The SMILES string of the molecule is CC(=O)Nc1ccc(C(=O)C(=O)c2ccncc2)cc1. The van der Waals surface area contributed by atoms with Crippen LogP contribution in [0.3, 0.4) is 0 Å². The second-order valence-corrected chi connectivity index (χ2v) is 4.15. The molecule has 0 unspecified atom stereocenters. The molecule has 0 bridgehead atoms. The number of anilines is 1. The van der Waals surface area contributed by atoms with Crippen molar-refractivity contribution in [1.82, 2.24) is 4.98 Å². The first-order valence-electron chi connectivity index (χ1n) is 5.94. The van der Waals surface area contributed by atoms with Gasteiger partial charge in [0.15, 0.2) is 0 Å². The van der Waals surface area contributed by atoms with Crippen LogP contribution < -0.4 is 5.32 Å². The Bertz CT molecular complexity index is 649. The number of ketones is 2. The molecule has 0 fully saturated rings. The Morgan fingerprint density at radius 1 is 0.850 bits per heavy atom. The predicted molar refractivity (Wildman–Crippen MR) is 73.6 cm³/mol. The van der Waals surface area contributed by atoms with Gasteiger partial charge in [0.05, 0.1) is 0 Å². The molecule has 5 nitrogen and oxygen atoms in total. The Morgan fingerprint density at radius 3 is 1.85 bits per heavy atom. The van der Waals surface area contributed by atoms with Crippen molar-refractivity contribution in [2.24, 2.45) is 0 Å². The summed E-state index contributed by atoms with van der Waals surface area (Å²) in [4.78, 5) is 38.7. The van der Waals surface area contributed by atoms with Gasteiger partial charge in [0.25, 0.3) is 0 Å². The fourth-order valence-corrected chi connectivity index (χ4v) is 1.67. The summed E-state index contributed by atoms with van der Waals surface area (Å²) in [5, 5.41) is 2.59. The molecule has 2 rings (SSSR count). The number of amides is 1. The van der Waals surface area contributed by atoms with E-state index in [9.17, 15) is 14.4 Å². The molecule has 1 heterocycles. The number of pyridine rings is 1. The number of carbonyl (C=O) groups is 3. The number of rotatable bonds is 4. The Kier molecular flexibility index (Phi) is 4.00. The highest BCUT2D eigenvalue weighted by Crippen LogP contribution is 2.12. The lowest BCUT2D eigenvalue weighted by Crippen LogP contribution is -2.14. The number of nitrogens with zero attached hydrogens (tertiary/aromatic N) is 1. The lowest BCUT2D eigenvalue weighted by atomic mass is 10.0. The Labute approximate surface area is 115 Å². The largest absolute Gasteiger partial charge is 0.326 e. The van der Waals surface area contributed by atoms with Gasteiger partial charge < -0.3 is 5.32 Å². The summed E-state index contributed by atoms with van der Waals surface area (Å²) in [6.45, 7) is 1.39. The van der Waals surface area contributed by atoms with E-state index in [4.69, 9.17) is 0 Å². The summed E-state index contributed by atoms with van der Waals surface area (Å²) in [7, 11) is 0. The number of hydrogen-bond donors (Lipinski definition) is 1. The van der Waals surface area contributed by atoms with Crippen LogP contribution in [0.5, 0.6) is 0 Å². The van der Waals surface area contributed by atoms with Crippen LogP contribution >= 0.6 is 0 Å². The molecular weight excluding hydrogens is 256 g/mol. The Hall–Kier alpha value is -2.82. The zero-order chi connectivity index (χ0) is 14.5. The summed E-state index contributed by atoms with van der Waals surface area (Å²) in [5.41, 5.74) is 1.15. The van der Waals surface area contributed by atoms with Crippen LogP contribution in [0.1, 0.15) is 27.6 Å². The minimum Gasteiger partial charge on any atom is -0.326 e. The van der Waals surface area contributed by atoms with Crippen LogP contribution in [-0.4, -0.2) is 22.5 Å². The van der Waals surface area contributed by atoms with Crippen LogP contribution in [0.2, 0.25) is 0 Å². The van der Waals surface area contributed by atoms with Gasteiger partial charge in [0.1, 0.15) is 0 Å². The lowest BCUT2D eigenvalue weighted by molar-refractivity contribution is -0.114. The van der Waals surface area contributed by atoms with Gasteiger partial charge in [-0.05, 0) is 36.4 Å². The van der Waals surface area contributed by atoms with Crippen molar-refractivity contribution in [3.05, 3.63) is 59.9 Å². The van der Waals surface area contributed by atoms with Crippen molar-refractivity contribution in [2.75, 3.05) is 5.32 Å². The monoisotopic (exact) mass is 268 g/mol. The zero-order valence-corrected chi connectivity index (χ0v) is 10.8. The summed E-state index contributed by atoms with van der Waals surface area (Å²) >= 11 is 0. The summed E-state index contributed by atoms with van der Waals surface area (Å²) in [5.74, 6) is -1.37. The molecule has 0 aliphatic rings. The van der Waals surface area contributed by atoms with Crippen LogP contribution in [0.15, 0.2) is 48.8 Å². The van der Waals surface area contributed by atoms with Gasteiger partial charge in [0, 0.05) is 36.1 Å². The Morgan fingerprint density at radius 2 is 1.35 bits per heavy atom. The predicted octanol–water partition coefficient (Wildman–Crippen LogP) is 2.11. The minimum atomic E-state index is -0.592. The Balaban J connectivity index is 2.17. The molecule has 0 aliphatic carbocycles. The first kappa shape index (κ1) is 13.6. The average Bonchev–Trinajstić information content (AvgIpc) is 2.47. The number of aromatic nitrogens is 1. The van der Waals surface area contributed by atoms with Crippen LogP contribution in [-0.2, 0) is 4.79 Å². The molecule has 0 saturated carbocycles. The maximum absolute atomic E-state index is 12.0. The van der Waals surface area contributed by atoms with Crippen LogP contribution in [0, 0.1) is 0 Å². The molecule has 0 aliphatic heterocycles. The summed E-state index contributed by atoms with van der Waals surface area (Å²) in [6.07, 6.45) is 2.92. The number of hydrogen-bond acceptors (Lipinski definition) is 4. The standard InChI is InChI=1S/C15H12N2O3/c1-10(18)17-13-4-2-11(3-5-13)14(19)15(20)12-6-8-16-9-7-12/h2-9H,1H3,(H,17,18). The van der Waals surface area contributed by atoms with E-state index in [1.165, 1.54) is 43.6 Å². The van der Waals surface area contributed by atoms with Gasteiger partial charge in [-0.1, -0.05) is 0 Å². The maximum Gasteiger partial charge on any atom is 0.233 e. The van der Waals surface area contributed by atoms with Crippen molar-refractivity contribution in [2.45, 2.75) is 6.92 Å². The molecule has 0 radical (unpaired) electrons. The smallest absolute Gasteiger partial charge is 0.233 e. The fraction of sp³-hybridized carbons (Fsp3) is 0.0667. The maximum atomic E-state index is 12.0. The topological polar surface area (TPSA) is 76.1 Å². The van der Waals surface area contributed by atoms with E-state index in [0.717, 1.165) is 0 Å². The fourth-order valence-electron chi connectivity index (χ4n) is 1.67. The molecule has 100 valence electrons. The van der Waals surface area contributed by atoms with E-state index >= 15 is 0 Å². The molecule has 20 heavy (non-hydrogen) atoms. The lowest BCUT2D eigenvalue weighted by Gasteiger charge is -2.04. The van der Waals surface area contributed by atoms with Crippen LogP contribution in [0.4, 0.5) is 5.69 Å². The van der Waals surface area contributed by atoms with E-state index < -0.39 is 11.6 Å². The van der Waals surface area contributed by atoms with Gasteiger partial charge in [-0.3, -0.25) is 19.4 Å². The van der Waals surface area contributed by atoms with Crippen molar-refractivity contribution >= 4 is 23.2 Å². The van der Waals surface area contributed by atoms with Crippen molar-refractivity contribution in [3.8, 4) is 0 Å². The van der Waals surface area contributed by atoms with Gasteiger partial charge in [-0.25, -0.2) is 0 Å². The second-order valence-electron chi connectivity index (χ2n) is 4.15. The van der Waals surface area contributed by atoms with Gasteiger partial charge in [-0.2, -0.15) is 0 Å². The molecule has 0 spiro atoms. The highest BCUT2D eigenvalue weighted by atomic mass is 16.2. The van der Waals surface area contributed by atoms with E-state index in [1.54, 1.807) is 12.1 Å². The van der Waals surface area contributed by atoms with Crippen LogP contribution in [0.25, 0.3) is 0 Å². The molecule has 1 aromatic carbocycles.